The van der Waals surface area contributed by atoms with Gasteiger partial charge in [0.25, 0.3) is 0 Å². The number of piperidine rings is 1. The summed E-state index contributed by atoms with van der Waals surface area (Å²) in [5, 5.41) is 2.93. The first kappa shape index (κ1) is 20.3. The summed E-state index contributed by atoms with van der Waals surface area (Å²) in [6.45, 7) is 5.93. The highest BCUT2D eigenvalue weighted by Gasteiger charge is 2.25. The van der Waals surface area contributed by atoms with Crippen molar-refractivity contribution in [2.75, 3.05) is 52.5 Å². The number of nitrogens with one attached hydrogen (secondary N) is 1. The van der Waals surface area contributed by atoms with Crippen LogP contribution in [-0.2, 0) is 26.0 Å². The molecule has 3 rings (SSSR count). The van der Waals surface area contributed by atoms with E-state index in [0.717, 1.165) is 57.7 Å². The summed E-state index contributed by atoms with van der Waals surface area (Å²) in [7, 11) is -3.42. The highest BCUT2D eigenvalue weighted by Crippen LogP contribution is 2.20. The van der Waals surface area contributed by atoms with E-state index in [2.05, 4.69) is 10.2 Å². The molecule has 0 radical (unpaired) electrons. The number of hydrogen-bond donors (Lipinski definition) is 1. The SMILES string of the molecule is O=C(Cc1ccc(S(=O)(=O)N2CCCCC2)cc1)NCCN1CCOCC1. The Kier molecular flexibility index (Phi) is 7.23. The van der Waals surface area contributed by atoms with Crippen molar-refractivity contribution in [1.82, 2.24) is 14.5 Å². The minimum Gasteiger partial charge on any atom is -0.379 e. The number of ether oxygens (including phenoxy) is 1. The van der Waals surface area contributed by atoms with Crippen LogP contribution < -0.4 is 5.32 Å². The van der Waals surface area contributed by atoms with Crippen LogP contribution in [0.2, 0.25) is 0 Å². The molecular formula is C19H29N3O4S. The summed E-state index contributed by atoms with van der Waals surface area (Å²) in [6.07, 6.45) is 3.18. The van der Waals surface area contributed by atoms with E-state index in [4.69, 9.17) is 4.74 Å². The van der Waals surface area contributed by atoms with E-state index in [1.807, 2.05) is 0 Å². The fourth-order valence-corrected chi connectivity index (χ4v) is 4.98. The topological polar surface area (TPSA) is 79.0 Å². The molecule has 2 saturated heterocycles. The third-order valence-electron chi connectivity index (χ3n) is 5.09. The minimum absolute atomic E-state index is 0.0464. The summed E-state index contributed by atoms with van der Waals surface area (Å²) in [6, 6.07) is 6.69. The van der Waals surface area contributed by atoms with Gasteiger partial charge in [0, 0.05) is 39.3 Å². The maximum Gasteiger partial charge on any atom is 0.243 e. The summed E-state index contributed by atoms with van der Waals surface area (Å²) >= 11 is 0. The maximum absolute atomic E-state index is 12.6. The van der Waals surface area contributed by atoms with Crippen molar-refractivity contribution >= 4 is 15.9 Å². The van der Waals surface area contributed by atoms with Crippen LogP contribution in [0, 0.1) is 0 Å². The predicted octanol–water partition coefficient (Wildman–Crippen LogP) is 0.852. The van der Waals surface area contributed by atoms with Crippen molar-refractivity contribution in [3.05, 3.63) is 29.8 Å². The summed E-state index contributed by atoms with van der Waals surface area (Å²) < 4.78 is 32.2. The second-order valence-corrected chi connectivity index (χ2v) is 9.03. The van der Waals surface area contributed by atoms with Crippen LogP contribution in [0.15, 0.2) is 29.2 Å². The van der Waals surface area contributed by atoms with Gasteiger partial charge in [-0.1, -0.05) is 18.6 Å². The summed E-state index contributed by atoms with van der Waals surface area (Å²) in [5.74, 6) is -0.0464. The van der Waals surface area contributed by atoms with Gasteiger partial charge in [-0.05, 0) is 30.5 Å². The molecule has 0 spiro atoms. The molecular weight excluding hydrogens is 366 g/mol. The second kappa shape index (κ2) is 9.64. The van der Waals surface area contributed by atoms with Gasteiger partial charge in [0.1, 0.15) is 0 Å². The van der Waals surface area contributed by atoms with Crippen LogP contribution in [0.5, 0.6) is 0 Å². The van der Waals surface area contributed by atoms with Gasteiger partial charge < -0.3 is 10.1 Å². The number of carbonyl (C=O) groups is 1. The number of nitrogens with zero attached hydrogens (tertiary/aromatic N) is 2. The second-order valence-electron chi connectivity index (χ2n) is 7.09. The molecule has 2 fully saturated rings. The largest absolute Gasteiger partial charge is 0.379 e. The predicted molar refractivity (Wildman–Crippen MR) is 103 cm³/mol. The Labute approximate surface area is 161 Å². The Morgan fingerprint density at radius 2 is 1.67 bits per heavy atom. The number of carbonyl (C=O) groups excluding carboxylic acids is 1. The highest BCUT2D eigenvalue weighted by atomic mass is 32.2. The molecule has 0 unspecified atom stereocenters. The average Bonchev–Trinajstić information content (AvgIpc) is 2.70. The first-order valence-corrected chi connectivity index (χ1v) is 11.2. The Balaban J connectivity index is 1.47. The van der Waals surface area contributed by atoms with E-state index < -0.39 is 10.0 Å². The van der Waals surface area contributed by atoms with Crippen molar-refractivity contribution in [3.63, 3.8) is 0 Å². The molecule has 0 atom stereocenters. The molecule has 150 valence electrons. The molecule has 2 aliphatic rings. The number of rotatable bonds is 7. The zero-order chi connectivity index (χ0) is 19.1. The standard InChI is InChI=1S/C19H29N3O4S/c23-19(20-8-11-21-12-14-26-15-13-21)16-17-4-6-18(7-5-17)27(24,25)22-9-2-1-3-10-22/h4-7H,1-3,8-16H2,(H,20,23). The lowest BCUT2D eigenvalue weighted by atomic mass is 10.1. The van der Waals surface area contributed by atoms with E-state index in [0.29, 0.717) is 24.5 Å². The van der Waals surface area contributed by atoms with Crippen LogP contribution in [0.3, 0.4) is 0 Å². The molecule has 7 nitrogen and oxygen atoms in total. The Morgan fingerprint density at radius 1 is 1.00 bits per heavy atom. The van der Waals surface area contributed by atoms with E-state index >= 15 is 0 Å². The third kappa shape index (κ3) is 5.75. The first-order chi connectivity index (χ1) is 13.1. The molecule has 1 N–H and O–H groups in total. The van der Waals surface area contributed by atoms with Gasteiger partial charge in [-0.2, -0.15) is 4.31 Å². The normalized spacial score (nSPS) is 19.7. The summed E-state index contributed by atoms with van der Waals surface area (Å²) in [4.78, 5) is 14.7. The highest BCUT2D eigenvalue weighted by molar-refractivity contribution is 7.89. The number of morpholine rings is 1. The summed E-state index contributed by atoms with van der Waals surface area (Å²) in [5.41, 5.74) is 0.816. The molecule has 1 aromatic rings. The fourth-order valence-electron chi connectivity index (χ4n) is 3.46. The minimum atomic E-state index is -3.42. The number of amides is 1. The van der Waals surface area contributed by atoms with E-state index in [9.17, 15) is 13.2 Å². The average molecular weight is 396 g/mol. The van der Waals surface area contributed by atoms with Gasteiger partial charge in [0.2, 0.25) is 15.9 Å². The van der Waals surface area contributed by atoms with E-state index in [1.54, 1.807) is 28.6 Å². The first-order valence-electron chi connectivity index (χ1n) is 9.71. The van der Waals surface area contributed by atoms with Crippen molar-refractivity contribution in [2.45, 2.75) is 30.6 Å². The molecule has 2 aliphatic heterocycles. The Hall–Kier alpha value is -1.48. The van der Waals surface area contributed by atoms with Crippen LogP contribution in [-0.4, -0.2) is 76.0 Å². The molecule has 0 aliphatic carbocycles. The van der Waals surface area contributed by atoms with Gasteiger partial charge in [-0.3, -0.25) is 9.69 Å². The molecule has 8 heteroatoms. The van der Waals surface area contributed by atoms with Crippen molar-refractivity contribution in [3.8, 4) is 0 Å². The molecule has 1 aromatic carbocycles. The Bertz CT molecular complexity index is 709. The van der Waals surface area contributed by atoms with Gasteiger partial charge in [-0.15, -0.1) is 0 Å². The van der Waals surface area contributed by atoms with Crippen LogP contribution in [0.1, 0.15) is 24.8 Å². The number of benzene rings is 1. The number of sulfonamides is 1. The quantitative estimate of drug-likeness (QED) is 0.741. The van der Waals surface area contributed by atoms with Gasteiger partial charge in [0.15, 0.2) is 0 Å². The van der Waals surface area contributed by atoms with Crippen LogP contribution in [0.4, 0.5) is 0 Å². The van der Waals surface area contributed by atoms with Crippen LogP contribution >= 0.6 is 0 Å². The Morgan fingerprint density at radius 3 is 2.33 bits per heavy atom. The van der Waals surface area contributed by atoms with Gasteiger partial charge >= 0.3 is 0 Å². The van der Waals surface area contributed by atoms with Crippen molar-refractivity contribution in [1.29, 1.82) is 0 Å². The lowest BCUT2D eigenvalue weighted by molar-refractivity contribution is -0.120. The smallest absolute Gasteiger partial charge is 0.243 e. The molecule has 0 saturated carbocycles. The van der Waals surface area contributed by atoms with Crippen molar-refractivity contribution < 1.29 is 17.9 Å². The molecule has 27 heavy (non-hydrogen) atoms. The fraction of sp³-hybridized carbons (Fsp3) is 0.632. The lowest BCUT2D eigenvalue weighted by Gasteiger charge is -2.26. The monoisotopic (exact) mass is 395 g/mol. The number of hydrogen-bond acceptors (Lipinski definition) is 5. The zero-order valence-electron chi connectivity index (χ0n) is 15.7. The lowest BCUT2D eigenvalue weighted by Crippen LogP contribution is -2.41. The maximum atomic E-state index is 12.6. The molecule has 0 bridgehead atoms. The third-order valence-corrected chi connectivity index (χ3v) is 7.01. The molecule has 0 aromatic heterocycles. The van der Waals surface area contributed by atoms with E-state index in [1.165, 1.54) is 0 Å². The zero-order valence-corrected chi connectivity index (χ0v) is 16.5. The molecule has 2 heterocycles. The van der Waals surface area contributed by atoms with Crippen molar-refractivity contribution in [2.24, 2.45) is 0 Å². The molecule has 1 amide bonds. The van der Waals surface area contributed by atoms with Gasteiger partial charge in [0.05, 0.1) is 24.5 Å². The van der Waals surface area contributed by atoms with Crippen LogP contribution in [0.25, 0.3) is 0 Å². The van der Waals surface area contributed by atoms with E-state index in [-0.39, 0.29) is 12.3 Å². The van der Waals surface area contributed by atoms with Gasteiger partial charge in [-0.25, -0.2) is 8.42 Å².